The van der Waals surface area contributed by atoms with Crippen LogP contribution >= 0.6 is 23.2 Å². The van der Waals surface area contributed by atoms with E-state index in [1.54, 1.807) is 42.5 Å². The largest absolute Gasteiger partial charge is 0.495 e. The van der Waals surface area contributed by atoms with Gasteiger partial charge in [0, 0.05) is 11.9 Å². The molecule has 0 unspecified atom stereocenters. The molecule has 0 saturated heterocycles. The molecule has 0 radical (unpaired) electrons. The Balaban J connectivity index is 2.20. The Morgan fingerprint density at radius 3 is 2.54 bits per heavy atom. The first kappa shape index (κ1) is 18.1. The summed E-state index contributed by atoms with van der Waals surface area (Å²) in [5.41, 5.74) is 0.900. The van der Waals surface area contributed by atoms with Gasteiger partial charge in [-0.25, -0.2) is 0 Å². The molecule has 2 aromatic rings. The van der Waals surface area contributed by atoms with Crippen molar-refractivity contribution in [3.63, 3.8) is 0 Å². The van der Waals surface area contributed by atoms with Gasteiger partial charge in [-0.15, -0.1) is 0 Å². The lowest BCUT2D eigenvalue weighted by Crippen LogP contribution is -2.36. The molecule has 5 nitrogen and oxygen atoms in total. The van der Waals surface area contributed by atoms with Gasteiger partial charge in [0.1, 0.15) is 12.3 Å². The lowest BCUT2D eigenvalue weighted by atomic mass is 10.2. The van der Waals surface area contributed by atoms with Crippen LogP contribution in [0.15, 0.2) is 42.5 Å². The van der Waals surface area contributed by atoms with Crippen molar-refractivity contribution in [2.24, 2.45) is 0 Å². The minimum atomic E-state index is -0.384. The number of halogens is 2. The average Bonchev–Trinajstić information content (AvgIpc) is 2.55. The summed E-state index contributed by atoms with van der Waals surface area (Å²) in [4.78, 5) is 25.5. The van der Waals surface area contributed by atoms with Crippen molar-refractivity contribution in [1.29, 1.82) is 0 Å². The van der Waals surface area contributed by atoms with E-state index in [9.17, 15) is 9.59 Å². The second-order valence-electron chi connectivity index (χ2n) is 4.95. The Morgan fingerprint density at radius 1 is 1.17 bits per heavy atom. The molecule has 2 rings (SSSR count). The number of ether oxygens (including phenoxy) is 1. The smallest absolute Gasteiger partial charge is 0.244 e. The van der Waals surface area contributed by atoms with Crippen LogP contribution in [0.2, 0.25) is 10.0 Å². The molecular weight excluding hydrogens is 351 g/mol. The Bertz CT molecular complexity index is 765. The predicted octanol–water partition coefficient (Wildman–Crippen LogP) is 3.99. The zero-order chi connectivity index (χ0) is 17.7. The van der Waals surface area contributed by atoms with Gasteiger partial charge in [0.25, 0.3) is 0 Å². The maximum atomic E-state index is 12.3. The SMILES string of the molecule is COc1ccccc1NC(=O)CN(C(C)=O)c1cc(Cl)ccc1Cl. The van der Waals surface area contributed by atoms with Crippen molar-refractivity contribution in [3.8, 4) is 5.75 Å². The Labute approximate surface area is 150 Å². The molecule has 0 aliphatic heterocycles. The summed E-state index contributed by atoms with van der Waals surface area (Å²) < 4.78 is 5.18. The summed E-state index contributed by atoms with van der Waals surface area (Å²) in [6.07, 6.45) is 0. The number of carbonyl (C=O) groups excluding carboxylic acids is 2. The van der Waals surface area contributed by atoms with Crippen LogP contribution in [0.25, 0.3) is 0 Å². The van der Waals surface area contributed by atoms with Gasteiger partial charge in [0.05, 0.1) is 23.5 Å². The Hall–Kier alpha value is -2.24. The van der Waals surface area contributed by atoms with E-state index < -0.39 is 0 Å². The van der Waals surface area contributed by atoms with Gasteiger partial charge < -0.3 is 15.0 Å². The highest BCUT2D eigenvalue weighted by Crippen LogP contribution is 2.29. The molecule has 0 aliphatic carbocycles. The van der Waals surface area contributed by atoms with Gasteiger partial charge in [0.2, 0.25) is 11.8 Å². The molecule has 0 spiro atoms. The van der Waals surface area contributed by atoms with Gasteiger partial charge >= 0.3 is 0 Å². The van der Waals surface area contributed by atoms with Crippen molar-refractivity contribution >= 4 is 46.4 Å². The predicted molar refractivity (Wildman–Crippen MR) is 96.1 cm³/mol. The molecule has 24 heavy (non-hydrogen) atoms. The summed E-state index contributed by atoms with van der Waals surface area (Å²) >= 11 is 12.1. The molecule has 0 aliphatic rings. The minimum Gasteiger partial charge on any atom is -0.495 e. The fraction of sp³-hybridized carbons (Fsp3) is 0.176. The molecule has 126 valence electrons. The first-order valence-corrected chi connectivity index (χ1v) is 7.84. The third kappa shape index (κ3) is 4.40. The molecule has 0 aromatic heterocycles. The minimum absolute atomic E-state index is 0.201. The second kappa shape index (κ2) is 8.04. The molecule has 7 heteroatoms. The zero-order valence-corrected chi connectivity index (χ0v) is 14.7. The highest BCUT2D eigenvalue weighted by molar-refractivity contribution is 6.35. The van der Waals surface area contributed by atoms with Crippen LogP contribution in [0.5, 0.6) is 5.75 Å². The summed E-state index contributed by atoms with van der Waals surface area (Å²) in [5, 5.41) is 3.47. The van der Waals surface area contributed by atoms with E-state index >= 15 is 0 Å². The van der Waals surface area contributed by atoms with Crippen molar-refractivity contribution in [2.75, 3.05) is 23.9 Å². The average molecular weight is 367 g/mol. The Morgan fingerprint density at radius 2 is 1.88 bits per heavy atom. The Kier molecular flexibility index (Phi) is 6.06. The van der Waals surface area contributed by atoms with E-state index in [2.05, 4.69) is 5.32 Å². The molecule has 1 N–H and O–H groups in total. The molecule has 2 amide bonds. The molecule has 0 heterocycles. The fourth-order valence-electron chi connectivity index (χ4n) is 2.14. The van der Waals surface area contributed by atoms with E-state index in [0.717, 1.165) is 0 Å². The first-order valence-electron chi connectivity index (χ1n) is 7.08. The van der Waals surface area contributed by atoms with E-state index in [0.29, 0.717) is 27.2 Å². The van der Waals surface area contributed by atoms with Crippen LogP contribution in [-0.2, 0) is 9.59 Å². The zero-order valence-electron chi connectivity index (χ0n) is 13.2. The number of anilines is 2. The highest BCUT2D eigenvalue weighted by atomic mass is 35.5. The second-order valence-corrected chi connectivity index (χ2v) is 5.79. The van der Waals surface area contributed by atoms with Crippen LogP contribution in [0.1, 0.15) is 6.92 Å². The number of methoxy groups -OCH3 is 1. The van der Waals surface area contributed by atoms with Crippen LogP contribution < -0.4 is 15.0 Å². The number of amides is 2. The number of carbonyl (C=O) groups is 2. The lowest BCUT2D eigenvalue weighted by Gasteiger charge is -2.22. The number of benzene rings is 2. The third-order valence-corrected chi connectivity index (χ3v) is 3.82. The van der Waals surface area contributed by atoms with Crippen molar-refractivity contribution < 1.29 is 14.3 Å². The van der Waals surface area contributed by atoms with Gasteiger partial charge in [-0.05, 0) is 30.3 Å². The number of nitrogens with one attached hydrogen (secondary N) is 1. The molecule has 0 fully saturated rings. The maximum absolute atomic E-state index is 12.3. The van der Waals surface area contributed by atoms with E-state index in [-0.39, 0.29) is 18.4 Å². The van der Waals surface area contributed by atoms with Crippen LogP contribution in [0.4, 0.5) is 11.4 Å². The quantitative estimate of drug-likeness (QED) is 0.869. The number of rotatable bonds is 5. The first-order chi connectivity index (χ1) is 11.4. The molecule has 0 saturated carbocycles. The van der Waals surface area contributed by atoms with Gasteiger partial charge in [0.15, 0.2) is 0 Å². The topological polar surface area (TPSA) is 58.6 Å². The third-order valence-electron chi connectivity index (χ3n) is 3.26. The van der Waals surface area contributed by atoms with Crippen molar-refractivity contribution in [1.82, 2.24) is 0 Å². The van der Waals surface area contributed by atoms with Gasteiger partial charge in [-0.1, -0.05) is 35.3 Å². The van der Waals surface area contributed by atoms with E-state index in [1.807, 2.05) is 0 Å². The standard InChI is InChI=1S/C17H16Cl2N2O3/c1-11(22)21(15-9-12(18)7-8-13(15)19)10-17(23)20-14-5-3-4-6-16(14)24-2/h3-9H,10H2,1-2H3,(H,20,23). The number of nitrogens with zero attached hydrogens (tertiary/aromatic N) is 1. The summed E-state index contributed by atoms with van der Waals surface area (Å²) in [6, 6.07) is 11.7. The highest BCUT2D eigenvalue weighted by Gasteiger charge is 2.19. The van der Waals surface area contributed by atoms with Crippen LogP contribution in [0.3, 0.4) is 0 Å². The van der Waals surface area contributed by atoms with Crippen molar-refractivity contribution in [2.45, 2.75) is 6.92 Å². The van der Waals surface area contributed by atoms with Gasteiger partial charge in [-0.2, -0.15) is 0 Å². The lowest BCUT2D eigenvalue weighted by molar-refractivity contribution is -0.120. The molecule has 2 aromatic carbocycles. The molecule has 0 bridgehead atoms. The van der Waals surface area contributed by atoms with E-state index in [1.165, 1.54) is 18.9 Å². The summed E-state index contributed by atoms with van der Waals surface area (Å²) in [6.45, 7) is 1.15. The van der Waals surface area contributed by atoms with Crippen LogP contribution in [-0.4, -0.2) is 25.5 Å². The maximum Gasteiger partial charge on any atom is 0.244 e. The van der Waals surface area contributed by atoms with E-state index in [4.69, 9.17) is 27.9 Å². The molecular formula is C17H16Cl2N2O3. The summed E-state index contributed by atoms with van der Waals surface area (Å²) in [5.74, 6) is -0.180. The van der Waals surface area contributed by atoms with Crippen LogP contribution in [0, 0.1) is 0 Å². The number of para-hydroxylation sites is 2. The molecule has 0 atom stereocenters. The van der Waals surface area contributed by atoms with Crippen molar-refractivity contribution in [3.05, 3.63) is 52.5 Å². The number of hydrogen-bond donors (Lipinski definition) is 1. The monoisotopic (exact) mass is 366 g/mol. The normalized spacial score (nSPS) is 10.2. The summed E-state index contributed by atoms with van der Waals surface area (Å²) in [7, 11) is 1.51. The van der Waals surface area contributed by atoms with Gasteiger partial charge in [-0.3, -0.25) is 9.59 Å². The fourth-order valence-corrected chi connectivity index (χ4v) is 2.53. The number of hydrogen-bond acceptors (Lipinski definition) is 3.